The Morgan fingerprint density at radius 2 is 2.00 bits per heavy atom. The molecule has 16 heavy (non-hydrogen) atoms. The van der Waals surface area contributed by atoms with E-state index in [1.165, 1.54) is 16.7 Å². The smallest absolute Gasteiger partial charge is 0.114 e. The number of benzene rings is 1. The molecule has 0 amide bonds. The largest absolute Gasteiger partial charge is 0.396 e. The Labute approximate surface area is 98.3 Å². The van der Waals surface area contributed by atoms with Crippen LogP contribution in [0.15, 0.2) is 23.4 Å². The van der Waals surface area contributed by atoms with Crippen molar-refractivity contribution >= 4 is 5.71 Å². The van der Waals surface area contributed by atoms with Crippen molar-refractivity contribution in [1.29, 1.82) is 0 Å². The second kappa shape index (κ2) is 6.31. The quantitative estimate of drug-likeness (QED) is 0.695. The fourth-order valence-electron chi connectivity index (χ4n) is 1.84. The minimum absolute atomic E-state index is 0.644. The van der Waals surface area contributed by atoms with Crippen LogP contribution in [-0.2, 0) is 11.3 Å². The minimum Gasteiger partial charge on any atom is -0.396 e. The van der Waals surface area contributed by atoms with Gasteiger partial charge in [-0.05, 0) is 32.3 Å². The second-order valence-electron chi connectivity index (χ2n) is 3.62. The van der Waals surface area contributed by atoms with E-state index in [1.807, 2.05) is 20.8 Å². The predicted molar refractivity (Wildman–Crippen MR) is 69.0 cm³/mol. The number of hydrogen-bond acceptors (Lipinski definition) is 2. The van der Waals surface area contributed by atoms with Gasteiger partial charge in [0, 0.05) is 5.56 Å². The topological polar surface area (TPSA) is 21.6 Å². The first kappa shape index (κ1) is 12.8. The summed E-state index contributed by atoms with van der Waals surface area (Å²) in [7, 11) is 0. The highest BCUT2D eigenvalue weighted by atomic mass is 16.6. The third-order valence-electron chi connectivity index (χ3n) is 2.51. The van der Waals surface area contributed by atoms with E-state index < -0.39 is 0 Å². The number of hydrogen-bond donors (Lipinski definition) is 0. The lowest BCUT2D eigenvalue weighted by Gasteiger charge is -2.01. The summed E-state index contributed by atoms with van der Waals surface area (Å²) in [4.78, 5) is 5.09. The van der Waals surface area contributed by atoms with E-state index >= 15 is 0 Å². The van der Waals surface area contributed by atoms with Gasteiger partial charge in [0.15, 0.2) is 0 Å². The molecule has 2 heteroatoms. The van der Waals surface area contributed by atoms with Crippen LogP contribution >= 0.6 is 0 Å². The molecule has 2 nitrogen and oxygen atoms in total. The highest BCUT2D eigenvalue weighted by Gasteiger charge is 2.17. The molecule has 1 aliphatic rings. The molecule has 2 rings (SSSR count). The minimum atomic E-state index is 0.644. The molecule has 0 aliphatic heterocycles. The Morgan fingerprint density at radius 3 is 2.69 bits per heavy atom. The van der Waals surface area contributed by atoms with Crippen LogP contribution in [0.3, 0.4) is 0 Å². The molecule has 0 spiro atoms. The lowest BCUT2D eigenvalue weighted by Crippen LogP contribution is -1.96. The molecular formula is C14H21NO. The van der Waals surface area contributed by atoms with E-state index in [0.717, 1.165) is 18.6 Å². The molecule has 1 aliphatic carbocycles. The number of rotatable bonds is 2. The molecule has 0 unspecified atom stereocenters. The number of fused-ring (bicyclic) bond motifs is 1. The average molecular weight is 219 g/mol. The van der Waals surface area contributed by atoms with Gasteiger partial charge in [0.25, 0.3) is 0 Å². The summed E-state index contributed by atoms with van der Waals surface area (Å²) in [5.74, 6) is 0. The van der Waals surface area contributed by atoms with Crippen molar-refractivity contribution in [2.24, 2.45) is 5.16 Å². The molecule has 0 aromatic heterocycles. The van der Waals surface area contributed by atoms with Crippen molar-refractivity contribution in [2.45, 2.75) is 40.5 Å². The molecule has 0 saturated carbocycles. The lowest BCUT2D eigenvalue weighted by atomic mass is 10.1. The molecule has 0 atom stereocenters. The van der Waals surface area contributed by atoms with Crippen LogP contribution in [0.2, 0.25) is 0 Å². The first-order valence-corrected chi connectivity index (χ1v) is 6.10. The molecular weight excluding hydrogens is 198 g/mol. The van der Waals surface area contributed by atoms with Crippen molar-refractivity contribution in [3.05, 3.63) is 34.9 Å². The molecule has 0 fully saturated rings. The Hall–Kier alpha value is -1.31. The lowest BCUT2D eigenvalue weighted by molar-refractivity contribution is 0.158. The Balaban J connectivity index is 0.000000606. The van der Waals surface area contributed by atoms with Gasteiger partial charge in [0.2, 0.25) is 0 Å². The predicted octanol–water partition coefficient (Wildman–Crippen LogP) is 3.71. The Morgan fingerprint density at radius 1 is 1.25 bits per heavy atom. The van der Waals surface area contributed by atoms with Crippen molar-refractivity contribution < 1.29 is 4.84 Å². The Kier molecular flexibility index (Phi) is 5.03. The maximum Gasteiger partial charge on any atom is 0.114 e. The highest BCUT2D eigenvalue weighted by Crippen LogP contribution is 2.23. The van der Waals surface area contributed by atoms with Crippen molar-refractivity contribution in [3.8, 4) is 0 Å². The molecule has 0 saturated heterocycles. The zero-order valence-electron chi connectivity index (χ0n) is 10.7. The van der Waals surface area contributed by atoms with Crippen molar-refractivity contribution in [3.63, 3.8) is 0 Å². The molecule has 1 aromatic rings. The van der Waals surface area contributed by atoms with Crippen LogP contribution in [0.4, 0.5) is 0 Å². The standard InChI is InChI=1S/C12H15NO.C2H6/c1-3-14-13-12-7-5-10-8-9(2)4-6-11(10)12;1-2/h4,6,8H,3,5,7H2,1-2H3;1-2H3/b13-12+;. The van der Waals surface area contributed by atoms with Gasteiger partial charge in [-0.2, -0.15) is 0 Å². The molecule has 0 heterocycles. The van der Waals surface area contributed by atoms with Gasteiger partial charge in [-0.25, -0.2) is 0 Å². The molecule has 0 bridgehead atoms. The van der Waals surface area contributed by atoms with E-state index in [-0.39, 0.29) is 0 Å². The maximum absolute atomic E-state index is 5.09. The zero-order chi connectivity index (χ0) is 12.0. The van der Waals surface area contributed by atoms with Gasteiger partial charge in [0.05, 0.1) is 5.71 Å². The summed E-state index contributed by atoms with van der Waals surface area (Å²) in [6.45, 7) is 8.72. The van der Waals surface area contributed by atoms with Gasteiger partial charge in [-0.3, -0.25) is 0 Å². The third kappa shape index (κ3) is 2.84. The molecule has 1 aromatic carbocycles. The third-order valence-corrected chi connectivity index (χ3v) is 2.51. The number of nitrogens with zero attached hydrogens (tertiary/aromatic N) is 1. The summed E-state index contributed by atoms with van der Waals surface area (Å²) >= 11 is 0. The van der Waals surface area contributed by atoms with E-state index in [0.29, 0.717) is 6.61 Å². The van der Waals surface area contributed by atoms with Crippen LogP contribution in [0, 0.1) is 6.92 Å². The van der Waals surface area contributed by atoms with Gasteiger partial charge in [-0.15, -0.1) is 0 Å². The number of oxime groups is 1. The summed E-state index contributed by atoms with van der Waals surface area (Å²) < 4.78 is 0. The molecule has 88 valence electrons. The fraction of sp³-hybridized carbons (Fsp3) is 0.500. The summed E-state index contributed by atoms with van der Waals surface area (Å²) in [6.07, 6.45) is 2.11. The van der Waals surface area contributed by atoms with Gasteiger partial charge in [0.1, 0.15) is 6.61 Å². The molecule has 0 radical (unpaired) electrons. The highest BCUT2D eigenvalue weighted by molar-refractivity contribution is 6.04. The monoisotopic (exact) mass is 219 g/mol. The first-order valence-electron chi connectivity index (χ1n) is 6.10. The van der Waals surface area contributed by atoms with E-state index in [2.05, 4.69) is 30.3 Å². The van der Waals surface area contributed by atoms with Crippen molar-refractivity contribution in [1.82, 2.24) is 0 Å². The van der Waals surface area contributed by atoms with Crippen LogP contribution < -0.4 is 0 Å². The summed E-state index contributed by atoms with van der Waals surface area (Å²) in [5.41, 5.74) is 5.09. The van der Waals surface area contributed by atoms with Crippen LogP contribution in [0.5, 0.6) is 0 Å². The molecule has 0 N–H and O–H groups in total. The van der Waals surface area contributed by atoms with Gasteiger partial charge in [-0.1, -0.05) is 42.8 Å². The maximum atomic E-state index is 5.09. The zero-order valence-corrected chi connectivity index (χ0v) is 10.7. The van der Waals surface area contributed by atoms with E-state index in [9.17, 15) is 0 Å². The second-order valence-corrected chi connectivity index (χ2v) is 3.62. The normalized spacial score (nSPS) is 15.4. The fourth-order valence-corrected chi connectivity index (χ4v) is 1.84. The van der Waals surface area contributed by atoms with E-state index in [4.69, 9.17) is 4.84 Å². The van der Waals surface area contributed by atoms with Crippen molar-refractivity contribution in [2.75, 3.05) is 6.61 Å². The van der Waals surface area contributed by atoms with Gasteiger partial charge < -0.3 is 4.84 Å². The van der Waals surface area contributed by atoms with Crippen LogP contribution in [0.1, 0.15) is 43.9 Å². The number of aryl methyl sites for hydroxylation is 2. The SMILES string of the molecule is CC.CCO/N=C1\CCc2cc(C)ccc21. The van der Waals surface area contributed by atoms with E-state index in [1.54, 1.807) is 0 Å². The van der Waals surface area contributed by atoms with Crippen LogP contribution in [0.25, 0.3) is 0 Å². The summed E-state index contributed by atoms with van der Waals surface area (Å²) in [5, 5.41) is 4.13. The first-order chi connectivity index (χ1) is 7.81. The Bertz CT molecular complexity index is 369. The van der Waals surface area contributed by atoms with Gasteiger partial charge >= 0.3 is 0 Å². The van der Waals surface area contributed by atoms with Crippen LogP contribution in [-0.4, -0.2) is 12.3 Å². The average Bonchev–Trinajstić information content (AvgIpc) is 2.71. The summed E-state index contributed by atoms with van der Waals surface area (Å²) in [6, 6.07) is 6.52.